The van der Waals surface area contributed by atoms with Crippen molar-refractivity contribution in [1.29, 1.82) is 5.26 Å². The Morgan fingerprint density at radius 2 is 2.00 bits per heavy atom. The molecule has 0 unspecified atom stereocenters. The van der Waals surface area contributed by atoms with E-state index in [0.29, 0.717) is 5.92 Å². The van der Waals surface area contributed by atoms with Gasteiger partial charge < -0.3 is 9.30 Å². The maximum Gasteiger partial charge on any atom is 0.102 e. The number of nitriles is 1. The number of hydrogen-bond donors (Lipinski definition) is 0. The highest BCUT2D eigenvalue weighted by Crippen LogP contribution is 2.37. The molecule has 3 aromatic rings. The molecule has 0 N–H and O–H groups in total. The number of rotatable bonds is 2. The predicted molar refractivity (Wildman–Crippen MR) is 88.0 cm³/mol. The molecule has 3 heterocycles. The Balaban J connectivity index is 1.75. The van der Waals surface area contributed by atoms with E-state index in [-0.39, 0.29) is 0 Å². The zero-order chi connectivity index (χ0) is 15.1. The molecule has 4 rings (SSSR count). The van der Waals surface area contributed by atoms with E-state index in [1.165, 1.54) is 11.3 Å². The molecule has 0 bridgehead atoms. The summed E-state index contributed by atoms with van der Waals surface area (Å²) in [6.45, 7) is 4.06. The van der Waals surface area contributed by atoms with Gasteiger partial charge in [-0.3, -0.25) is 0 Å². The van der Waals surface area contributed by atoms with Gasteiger partial charge in [0.1, 0.15) is 6.07 Å². The average Bonchev–Trinajstić information content (AvgIpc) is 3.06. The fourth-order valence-corrected chi connectivity index (χ4v) is 3.50. The van der Waals surface area contributed by atoms with E-state index >= 15 is 0 Å². The molecule has 2 aromatic heterocycles. The average molecular weight is 287 g/mol. The van der Waals surface area contributed by atoms with Crippen LogP contribution in [0.3, 0.4) is 0 Å². The molecule has 1 aromatic carbocycles. The van der Waals surface area contributed by atoms with Crippen molar-refractivity contribution in [3.05, 3.63) is 71.5 Å². The minimum Gasteiger partial charge on any atom is -0.366 e. The number of para-hydroxylation sites is 1. The third-order valence-corrected chi connectivity index (χ3v) is 4.54. The second kappa shape index (κ2) is 4.92. The first kappa shape index (κ1) is 13.0. The Kier molecular flexibility index (Phi) is 2.90. The first-order valence-corrected chi connectivity index (χ1v) is 7.60. The highest BCUT2D eigenvalue weighted by molar-refractivity contribution is 5.67. The van der Waals surface area contributed by atoms with E-state index in [4.69, 9.17) is 0 Å². The fraction of sp³-hybridized carbons (Fsp3) is 0.211. The molecular formula is C19H17N3. The van der Waals surface area contributed by atoms with Crippen molar-refractivity contribution in [3.63, 3.8) is 0 Å². The van der Waals surface area contributed by atoms with Gasteiger partial charge in [0.15, 0.2) is 0 Å². The van der Waals surface area contributed by atoms with Crippen LogP contribution in [0.25, 0.3) is 5.52 Å². The molecule has 3 heteroatoms. The van der Waals surface area contributed by atoms with Gasteiger partial charge in [0.05, 0.1) is 11.1 Å². The van der Waals surface area contributed by atoms with Crippen molar-refractivity contribution in [2.75, 3.05) is 11.4 Å². The second-order valence-corrected chi connectivity index (χ2v) is 5.97. The van der Waals surface area contributed by atoms with Crippen molar-refractivity contribution in [2.45, 2.75) is 19.4 Å². The quantitative estimate of drug-likeness (QED) is 0.715. The highest BCUT2D eigenvalue weighted by Gasteiger charge is 2.26. The van der Waals surface area contributed by atoms with Crippen molar-refractivity contribution < 1.29 is 0 Å². The van der Waals surface area contributed by atoms with E-state index in [2.05, 4.69) is 48.4 Å². The highest BCUT2D eigenvalue weighted by atomic mass is 15.2. The molecule has 1 aliphatic rings. The Labute approximate surface area is 130 Å². The van der Waals surface area contributed by atoms with E-state index in [1.54, 1.807) is 0 Å². The van der Waals surface area contributed by atoms with Crippen molar-refractivity contribution in [3.8, 4) is 6.07 Å². The molecule has 0 aliphatic carbocycles. The summed E-state index contributed by atoms with van der Waals surface area (Å²) in [7, 11) is 0. The Morgan fingerprint density at radius 1 is 1.18 bits per heavy atom. The molecule has 0 spiro atoms. The van der Waals surface area contributed by atoms with Gasteiger partial charge >= 0.3 is 0 Å². The topological polar surface area (TPSA) is 31.4 Å². The zero-order valence-corrected chi connectivity index (χ0v) is 12.5. The molecular weight excluding hydrogens is 270 g/mol. The number of hydrogen-bond acceptors (Lipinski definition) is 2. The van der Waals surface area contributed by atoms with Gasteiger partial charge in [0, 0.05) is 42.7 Å². The van der Waals surface area contributed by atoms with Crippen LogP contribution >= 0.6 is 0 Å². The smallest absolute Gasteiger partial charge is 0.102 e. The normalized spacial score (nSPS) is 16.7. The molecule has 3 nitrogen and oxygen atoms in total. The largest absolute Gasteiger partial charge is 0.366 e. The molecule has 0 fully saturated rings. The predicted octanol–water partition coefficient (Wildman–Crippen LogP) is 3.93. The lowest BCUT2D eigenvalue weighted by Gasteiger charge is -2.19. The third kappa shape index (κ3) is 1.88. The third-order valence-electron chi connectivity index (χ3n) is 4.54. The molecule has 0 saturated heterocycles. The van der Waals surface area contributed by atoms with E-state index < -0.39 is 0 Å². The van der Waals surface area contributed by atoms with Gasteiger partial charge in [-0.15, -0.1) is 0 Å². The van der Waals surface area contributed by atoms with Crippen LogP contribution in [-0.4, -0.2) is 10.9 Å². The van der Waals surface area contributed by atoms with Crippen LogP contribution in [0.4, 0.5) is 5.69 Å². The maximum atomic E-state index is 9.54. The van der Waals surface area contributed by atoms with Gasteiger partial charge in [0.25, 0.3) is 0 Å². The monoisotopic (exact) mass is 287 g/mol. The number of benzene rings is 1. The summed E-state index contributed by atoms with van der Waals surface area (Å²) in [5, 5.41) is 9.54. The molecule has 1 aliphatic heterocycles. The van der Waals surface area contributed by atoms with Crippen molar-refractivity contribution in [1.82, 2.24) is 4.40 Å². The minimum absolute atomic E-state index is 0.541. The Hall–Kier alpha value is -2.73. The summed E-state index contributed by atoms with van der Waals surface area (Å²) in [5.74, 6) is 0.541. The van der Waals surface area contributed by atoms with Crippen LogP contribution in [0.2, 0.25) is 0 Å². The summed E-state index contributed by atoms with van der Waals surface area (Å²) in [5.41, 5.74) is 5.58. The molecule has 108 valence electrons. The number of nitrogens with zero attached hydrogens (tertiary/aromatic N) is 3. The Morgan fingerprint density at radius 3 is 2.86 bits per heavy atom. The van der Waals surface area contributed by atoms with Crippen LogP contribution in [0.1, 0.15) is 29.5 Å². The summed E-state index contributed by atoms with van der Waals surface area (Å²) < 4.78 is 2.04. The molecule has 0 radical (unpaired) electrons. The van der Waals surface area contributed by atoms with Crippen LogP contribution in [0, 0.1) is 11.3 Å². The summed E-state index contributed by atoms with van der Waals surface area (Å²) in [6.07, 6.45) is 4.08. The SMILES string of the molecule is C[C@H]1CN(Cc2cn3ccccc3c2C#N)c2ccccc21. The van der Waals surface area contributed by atoms with Crippen LogP contribution in [-0.2, 0) is 6.54 Å². The molecule has 0 saturated carbocycles. The van der Waals surface area contributed by atoms with Crippen LogP contribution in [0.5, 0.6) is 0 Å². The van der Waals surface area contributed by atoms with Gasteiger partial charge in [-0.1, -0.05) is 31.2 Å². The summed E-state index contributed by atoms with van der Waals surface area (Å²) in [4.78, 5) is 2.38. The molecule has 22 heavy (non-hydrogen) atoms. The van der Waals surface area contributed by atoms with Gasteiger partial charge in [-0.25, -0.2) is 0 Å². The van der Waals surface area contributed by atoms with E-state index in [1.807, 2.05) is 28.8 Å². The lowest BCUT2D eigenvalue weighted by Crippen LogP contribution is -2.20. The standard InChI is InChI=1S/C19H17N3/c1-14-11-22(18-7-3-2-6-16(14)18)13-15-12-21-9-5-4-8-19(21)17(15)10-20/h2-9,12,14H,11,13H2,1H3/t14-/m0/s1. The van der Waals surface area contributed by atoms with E-state index in [9.17, 15) is 5.26 Å². The van der Waals surface area contributed by atoms with Crippen molar-refractivity contribution in [2.24, 2.45) is 0 Å². The molecule has 0 amide bonds. The number of pyridine rings is 1. The van der Waals surface area contributed by atoms with E-state index in [0.717, 1.165) is 29.7 Å². The molecule has 1 atom stereocenters. The van der Waals surface area contributed by atoms with Crippen LogP contribution < -0.4 is 4.90 Å². The van der Waals surface area contributed by atoms with Crippen molar-refractivity contribution >= 4 is 11.2 Å². The zero-order valence-electron chi connectivity index (χ0n) is 12.5. The summed E-state index contributed by atoms with van der Waals surface area (Å²) in [6, 6.07) is 16.9. The van der Waals surface area contributed by atoms with Gasteiger partial charge in [-0.05, 0) is 23.8 Å². The lowest BCUT2D eigenvalue weighted by atomic mass is 10.0. The maximum absolute atomic E-state index is 9.54. The minimum atomic E-state index is 0.541. The number of fused-ring (bicyclic) bond motifs is 2. The first-order valence-electron chi connectivity index (χ1n) is 7.60. The Bertz CT molecular complexity index is 885. The number of anilines is 1. The lowest BCUT2D eigenvalue weighted by molar-refractivity contribution is 0.745. The second-order valence-electron chi connectivity index (χ2n) is 5.97. The van der Waals surface area contributed by atoms with Gasteiger partial charge in [0.2, 0.25) is 0 Å². The fourth-order valence-electron chi connectivity index (χ4n) is 3.50. The number of aromatic nitrogens is 1. The van der Waals surface area contributed by atoms with Crippen LogP contribution in [0.15, 0.2) is 54.9 Å². The summed E-state index contributed by atoms with van der Waals surface area (Å²) >= 11 is 0. The van der Waals surface area contributed by atoms with Gasteiger partial charge in [-0.2, -0.15) is 5.26 Å². The first-order chi connectivity index (χ1) is 10.8.